The van der Waals surface area contributed by atoms with Gasteiger partial charge in [-0.2, -0.15) is 0 Å². The van der Waals surface area contributed by atoms with E-state index in [4.69, 9.17) is 4.74 Å². The van der Waals surface area contributed by atoms with Gasteiger partial charge >= 0.3 is 5.97 Å². The van der Waals surface area contributed by atoms with Crippen LogP contribution in [-0.2, 0) is 14.3 Å². The Kier molecular flexibility index (Phi) is 5.71. The molecule has 1 fully saturated rings. The molecule has 0 spiro atoms. The monoisotopic (exact) mass is 479 g/mol. The molecule has 0 N–H and O–H groups in total. The summed E-state index contributed by atoms with van der Waals surface area (Å²) < 4.78 is 5.53. The van der Waals surface area contributed by atoms with Crippen molar-refractivity contribution in [2.45, 2.75) is 44.4 Å². The number of benzene rings is 3. The van der Waals surface area contributed by atoms with Crippen molar-refractivity contribution in [1.82, 2.24) is 0 Å². The number of ether oxygens (including phenoxy) is 1. The fraction of sp³-hybridized carbons (Fsp3) is 0.323. The van der Waals surface area contributed by atoms with Crippen LogP contribution in [0.2, 0.25) is 0 Å². The van der Waals surface area contributed by atoms with Crippen molar-refractivity contribution in [3.8, 4) is 0 Å². The number of rotatable bonds is 7. The Labute approximate surface area is 211 Å². The SMILES string of the molecule is CCCCCCOC(=O)c1ccccc1N1C(=O)[C@@H]2C3c4ccccc4C(c4ccccc43)[C@@H]2C1=O. The van der Waals surface area contributed by atoms with Crippen molar-refractivity contribution in [3.63, 3.8) is 0 Å². The standard InChI is InChI=1S/C31H29NO4/c1-2-3-4-11-18-36-31(35)23-16-9-10-17-24(23)32-29(33)27-25-19-12-5-6-13-20(19)26(28(27)30(32)34)22-15-8-7-14-21(22)25/h5-10,12-17,25-28H,2-4,11,18H2,1H3/t25?,26?,27-,28+. The molecule has 5 heteroatoms. The highest BCUT2D eigenvalue weighted by atomic mass is 16.5. The predicted octanol–water partition coefficient (Wildman–Crippen LogP) is 5.82. The quantitative estimate of drug-likeness (QED) is 0.243. The Morgan fingerprint density at radius 3 is 1.75 bits per heavy atom. The normalized spacial score (nSPS) is 23.3. The summed E-state index contributed by atoms with van der Waals surface area (Å²) >= 11 is 0. The number of imide groups is 1. The molecule has 0 saturated carbocycles. The number of carbonyl (C=O) groups is 3. The number of para-hydroxylation sites is 1. The molecule has 182 valence electrons. The van der Waals surface area contributed by atoms with Gasteiger partial charge in [0.05, 0.1) is 29.7 Å². The summed E-state index contributed by atoms with van der Waals surface area (Å²) in [4.78, 5) is 42.3. The van der Waals surface area contributed by atoms with Crippen LogP contribution < -0.4 is 4.90 Å². The Hall–Kier alpha value is -3.73. The molecule has 36 heavy (non-hydrogen) atoms. The predicted molar refractivity (Wildman–Crippen MR) is 137 cm³/mol. The van der Waals surface area contributed by atoms with E-state index in [1.165, 1.54) is 4.90 Å². The van der Waals surface area contributed by atoms with E-state index < -0.39 is 17.8 Å². The molecule has 3 aromatic rings. The minimum atomic E-state index is -0.493. The third kappa shape index (κ3) is 3.33. The summed E-state index contributed by atoms with van der Waals surface area (Å²) in [7, 11) is 0. The molecule has 3 aromatic carbocycles. The van der Waals surface area contributed by atoms with Gasteiger partial charge in [0.2, 0.25) is 11.8 Å². The number of anilines is 1. The van der Waals surface area contributed by atoms with Gasteiger partial charge in [0.15, 0.2) is 0 Å². The van der Waals surface area contributed by atoms with Crippen molar-refractivity contribution in [2.24, 2.45) is 11.8 Å². The van der Waals surface area contributed by atoms with Crippen LogP contribution in [0.1, 0.15) is 77.1 Å². The van der Waals surface area contributed by atoms with Crippen LogP contribution in [0, 0.1) is 11.8 Å². The third-order valence-electron chi connectivity index (χ3n) is 8.04. The van der Waals surface area contributed by atoms with E-state index in [-0.39, 0.29) is 29.2 Å². The fourth-order valence-electron chi connectivity index (χ4n) is 6.53. The largest absolute Gasteiger partial charge is 0.462 e. The second kappa shape index (κ2) is 9.05. The van der Waals surface area contributed by atoms with E-state index in [2.05, 4.69) is 31.2 Å². The van der Waals surface area contributed by atoms with E-state index >= 15 is 0 Å². The Balaban J connectivity index is 1.37. The van der Waals surface area contributed by atoms with E-state index in [0.717, 1.165) is 47.9 Å². The van der Waals surface area contributed by atoms with Gasteiger partial charge in [0.25, 0.3) is 0 Å². The molecule has 5 nitrogen and oxygen atoms in total. The highest BCUT2D eigenvalue weighted by molar-refractivity contribution is 6.25. The minimum absolute atomic E-state index is 0.175. The molecule has 2 amide bonds. The number of carbonyl (C=O) groups excluding carboxylic acids is 3. The first-order valence-corrected chi connectivity index (χ1v) is 12.9. The van der Waals surface area contributed by atoms with Crippen LogP contribution in [0.3, 0.4) is 0 Å². The van der Waals surface area contributed by atoms with Gasteiger partial charge in [0, 0.05) is 11.8 Å². The lowest BCUT2D eigenvalue weighted by atomic mass is 9.55. The van der Waals surface area contributed by atoms with Crippen molar-refractivity contribution in [1.29, 1.82) is 0 Å². The van der Waals surface area contributed by atoms with Crippen molar-refractivity contribution in [3.05, 3.63) is 101 Å². The molecular weight excluding hydrogens is 450 g/mol. The first kappa shape index (κ1) is 22.7. The maximum atomic E-state index is 14.0. The molecular formula is C31H29NO4. The lowest BCUT2D eigenvalue weighted by Gasteiger charge is -2.45. The van der Waals surface area contributed by atoms with Crippen LogP contribution in [0.25, 0.3) is 0 Å². The molecule has 3 aliphatic carbocycles. The van der Waals surface area contributed by atoms with Gasteiger partial charge in [-0.1, -0.05) is 86.8 Å². The second-order valence-corrected chi connectivity index (χ2v) is 9.99. The van der Waals surface area contributed by atoms with Crippen LogP contribution >= 0.6 is 0 Å². The van der Waals surface area contributed by atoms with Crippen molar-refractivity contribution < 1.29 is 19.1 Å². The number of hydrogen-bond acceptors (Lipinski definition) is 4. The molecule has 4 aliphatic rings. The molecule has 0 radical (unpaired) electrons. The van der Waals surface area contributed by atoms with Crippen LogP contribution in [0.5, 0.6) is 0 Å². The molecule has 1 saturated heterocycles. The van der Waals surface area contributed by atoms with Gasteiger partial charge in [-0.05, 0) is 40.8 Å². The minimum Gasteiger partial charge on any atom is -0.462 e. The average Bonchev–Trinajstić information content (AvgIpc) is 3.18. The zero-order chi connectivity index (χ0) is 24.8. The lowest BCUT2D eigenvalue weighted by Crippen LogP contribution is -2.41. The molecule has 7 rings (SSSR count). The third-order valence-corrected chi connectivity index (χ3v) is 8.04. The highest BCUT2D eigenvalue weighted by Crippen LogP contribution is 2.61. The molecule has 1 heterocycles. The summed E-state index contributed by atoms with van der Waals surface area (Å²) in [6.07, 6.45) is 4.00. The van der Waals surface area contributed by atoms with Gasteiger partial charge < -0.3 is 4.74 Å². The zero-order valence-corrected chi connectivity index (χ0v) is 20.4. The summed E-state index contributed by atoms with van der Waals surface area (Å²) in [5, 5.41) is 0. The summed E-state index contributed by atoms with van der Waals surface area (Å²) in [5.41, 5.74) is 5.11. The fourth-order valence-corrected chi connectivity index (χ4v) is 6.53. The number of hydrogen-bond donors (Lipinski definition) is 0. The highest BCUT2D eigenvalue weighted by Gasteiger charge is 2.62. The molecule has 2 bridgehead atoms. The van der Waals surface area contributed by atoms with E-state index in [9.17, 15) is 14.4 Å². The van der Waals surface area contributed by atoms with E-state index in [1.54, 1.807) is 24.3 Å². The Bertz CT molecular complexity index is 1250. The number of unbranched alkanes of at least 4 members (excludes halogenated alkanes) is 3. The smallest absolute Gasteiger partial charge is 0.340 e. The first-order valence-electron chi connectivity index (χ1n) is 12.9. The molecule has 0 unspecified atom stereocenters. The second-order valence-electron chi connectivity index (χ2n) is 9.99. The summed E-state index contributed by atoms with van der Waals surface area (Å²) in [5.74, 6) is -2.26. The summed E-state index contributed by atoms with van der Waals surface area (Å²) in [6, 6.07) is 23.2. The molecule has 1 aliphatic heterocycles. The van der Waals surface area contributed by atoms with Gasteiger partial charge in [0.1, 0.15) is 0 Å². The maximum absolute atomic E-state index is 14.0. The van der Waals surface area contributed by atoms with Gasteiger partial charge in [-0.25, -0.2) is 9.69 Å². The van der Waals surface area contributed by atoms with Crippen molar-refractivity contribution in [2.75, 3.05) is 11.5 Å². The van der Waals surface area contributed by atoms with E-state index in [0.29, 0.717) is 12.3 Å². The number of esters is 1. The van der Waals surface area contributed by atoms with Crippen molar-refractivity contribution >= 4 is 23.5 Å². The molecule has 0 aromatic heterocycles. The summed E-state index contributed by atoms with van der Waals surface area (Å²) in [6.45, 7) is 2.46. The average molecular weight is 480 g/mol. The van der Waals surface area contributed by atoms with Gasteiger partial charge in [-0.3, -0.25) is 9.59 Å². The number of nitrogens with zero attached hydrogens (tertiary/aromatic N) is 1. The first-order chi connectivity index (χ1) is 17.6. The van der Waals surface area contributed by atoms with Crippen LogP contribution in [0.15, 0.2) is 72.8 Å². The topological polar surface area (TPSA) is 63.7 Å². The van der Waals surface area contributed by atoms with Crippen LogP contribution in [0.4, 0.5) is 5.69 Å². The van der Waals surface area contributed by atoms with Crippen LogP contribution in [-0.4, -0.2) is 24.4 Å². The maximum Gasteiger partial charge on any atom is 0.340 e. The Morgan fingerprint density at radius 1 is 0.722 bits per heavy atom. The zero-order valence-electron chi connectivity index (χ0n) is 20.4. The Morgan fingerprint density at radius 2 is 1.22 bits per heavy atom. The molecule has 2 atom stereocenters. The van der Waals surface area contributed by atoms with Gasteiger partial charge in [-0.15, -0.1) is 0 Å². The lowest BCUT2D eigenvalue weighted by molar-refractivity contribution is -0.122. The van der Waals surface area contributed by atoms with E-state index in [1.807, 2.05) is 24.3 Å². The number of amides is 2.